The van der Waals surface area contributed by atoms with Crippen molar-refractivity contribution in [3.8, 4) is 0 Å². The third kappa shape index (κ3) is 92.2. The molecule has 0 amide bonds. The molecule has 0 aromatic rings. The van der Waals surface area contributed by atoms with Gasteiger partial charge in [0.1, 0.15) is 8.64 Å². The van der Waals surface area contributed by atoms with Crippen LogP contribution in [0.25, 0.3) is 0 Å². The van der Waals surface area contributed by atoms with Crippen molar-refractivity contribution in [2.45, 2.75) is 0 Å². The Kier molecular flexibility index (Phi) is 34.0. The van der Waals surface area contributed by atoms with E-state index in [-0.39, 0.29) is 12.3 Å². The first-order valence-electron chi connectivity index (χ1n) is 3.34. The summed E-state index contributed by atoms with van der Waals surface area (Å²) in [5.41, 5.74) is 10.5. The molecule has 0 saturated carbocycles. The molecule has 0 radical (unpaired) electrons. The second kappa shape index (κ2) is 20.5. The number of quaternary nitrogens is 2. The van der Waals surface area contributed by atoms with Crippen molar-refractivity contribution >= 4 is 67.0 Å². The molecule has 120 valence electrons. The van der Waals surface area contributed by atoms with Crippen LogP contribution in [0.5, 0.6) is 0 Å². The molecule has 10 nitrogen and oxygen atoms in total. The molecule has 15 heteroatoms. The van der Waals surface area contributed by atoms with Gasteiger partial charge in [-0.1, -0.05) is 48.0 Å². The fourth-order valence-electron chi connectivity index (χ4n) is 0.285. The second-order valence-electron chi connectivity index (χ2n) is 1.74. The molecule has 0 aromatic carbocycles. The van der Waals surface area contributed by atoms with E-state index in [4.69, 9.17) is 39.5 Å². The molecule has 0 aliphatic rings. The summed E-state index contributed by atoms with van der Waals surface area (Å²) in [6.45, 7) is 0. The predicted molar refractivity (Wildman–Crippen MR) is 86.2 cm³/mol. The van der Waals surface area contributed by atoms with E-state index in [0.717, 1.165) is 11.5 Å². The van der Waals surface area contributed by atoms with Gasteiger partial charge < -0.3 is 32.9 Å². The second-order valence-corrected chi connectivity index (χ2v) is 6.23. The summed E-state index contributed by atoms with van der Waals surface area (Å²) in [5.74, 6) is 1.74. The molecule has 0 fully saturated rings. The van der Waals surface area contributed by atoms with Crippen LogP contribution in [0.4, 0.5) is 0 Å². The van der Waals surface area contributed by atoms with Gasteiger partial charge in [-0.2, -0.15) is 0 Å². The molecule has 14 N–H and O–H groups in total. The van der Waals surface area contributed by atoms with E-state index >= 15 is 0 Å². The molecule has 0 saturated heterocycles. The maximum Gasteiger partial charge on any atom is 0.131 e. The van der Waals surface area contributed by atoms with E-state index in [1.54, 1.807) is 0 Å². The first-order valence-corrected chi connectivity index (χ1v) is 7.46. The predicted octanol–water partition coefficient (Wildman–Crippen LogP) is 0.372. The van der Waals surface area contributed by atoms with Gasteiger partial charge >= 0.3 is 0 Å². The van der Waals surface area contributed by atoms with E-state index in [0.29, 0.717) is 8.64 Å². The highest BCUT2D eigenvalue weighted by atomic mass is 32.3. The van der Waals surface area contributed by atoms with Gasteiger partial charge in [0.05, 0.1) is 0 Å². The minimum Gasteiger partial charge on any atom is -0.759 e. The Morgan fingerprint density at radius 1 is 1.00 bits per heavy atom. The van der Waals surface area contributed by atoms with E-state index in [1.165, 1.54) is 23.5 Å². The first-order chi connectivity index (χ1) is 7.63. The van der Waals surface area contributed by atoms with E-state index in [2.05, 4.69) is 24.4 Å². The van der Waals surface area contributed by atoms with Gasteiger partial charge in [-0.3, -0.25) is 18.9 Å². The summed E-state index contributed by atoms with van der Waals surface area (Å²) in [5, 5.41) is 12.0. The molecule has 0 bridgehead atoms. The van der Waals surface area contributed by atoms with Gasteiger partial charge in [-0.05, 0) is 0 Å². The fourth-order valence-corrected chi connectivity index (χ4v) is 1.85. The number of thioether (sulfide) groups is 2. The summed E-state index contributed by atoms with van der Waals surface area (Å²) in [7, 11) is -5.17. The van der Waals surface area contributed by atoms with Crippen LogP contribution in [-0.2, 0) is 10.4 Å². The van der Waals surface area contributed by atoms with Crippen molar-refractivity contribution < 1.29 is 28.0 Å². The standard InChI is InChI=1S/C4H8N2S4.2H3N.H2O4S.H2O2/c5-3(7)9-1-2-10-4(6)8;;;1-5(2,3)4;1-2/h1-2H2,(H2,5,7)(H2,6,8);2*1H3;(H2,1,2,3,4);1-2H. The normalized spacial score (nSPS) is 8.21. The Hall–Kier alpha value is 0.190. The van der Waals surface area contributed by atoms with Crippen molar-refractivity contribution in [1.29, 1.82) is 0 Å². The van der Waals surface area contributed by atoms with Crippen LogP contribution >= 0.6 is 48.0 Å². The SMILES string of the molecule is NC(=S)SCCSC(N)=S.O=S(=O)([O-])[O-].OO.[NH4+].[NH4+]. The zero-order valence-electron chi connectivity index (χ0n) is 10.1. The molecule has 19 heavy (non-hydrogen) atoms. The van der Waals surface area contributed by atoms with Crippen molar-refractivity contribution in [2.24, 2.45) is 11.5 Å². The largest absolute Gasteiger partial charge is 0.759 e. The van der Waals surface area contributed by atoms with E-state index in [1.807, 2.05) is 0 Å². The van der Waals surface area contributed by atoms with Crippen LogP contribution in [0.1, 0.15) is 0 Å². The highest BCUT2D eigenvalue weighted by Crippen LogP contribution is 2.06. The number of rotatable bonds is 3. The van der Waals surface area contributed by atoms with Gasteiger partial charge in [0.15, 0.2) is 0 Å². The average Bonchev–Trinajstić information content (AvgIpc) is 2.12. The number of thiocarbonyl (C=S) groups is 2. The van der Waals surface area contributed by atoms with Gasteiger partial charge in [-0.15, -0.1) is 0 Å². The summed E-state index contributed by atoms with van der Waals surface area (Å²) >= 11 is 12.2. The molecular formula is C4H18N4O6S5. The smallest absolute Gasteiger partial charge is 0.131 e. The van der Waals surface area contributed by atoms with Crippen LogP contribution in [-0.4, -0.2) is 48.2 Å². The summed E-state index contributed by atoms with van der Waals surface area (Å²) in [4.78, 5) is 0. The third-order valence-corrected chi connectivity index (χ3v) is 2.92. The molecule has 0 aromatic heterocycles. The highest BCUT2D eigenvalue weighted by Gasteiger charge is 1.92. The fraction of sp³-hybridized carbons (Fsp3) is 0.500. The molecule has 0 atom stereocenters. The monoisotopic (exact) mass is 378 g/mol. The van der Waals surface area contributed by atoms with E-state index in [9.17, 15) is 0 Å². The van der Waals surface area contributed by atoms with Gasteiger partial charge in [0, 0.05) is 21.9 Å². The number of hydrogen-bond acceptors (Lipinski definition) is 10. The molecule has 0 aliphatic carbocycles. The Balaban J connectivity index is -0.0000000627. The minimum atomic E-state index is -5.17. The van der Waals surface area contributed by atoms with Crippen LogP contribution in [0.2, 0.25) is 0 Å². The van der Waals surface area contributed by atoms with Crippen LogP contribution in [0, 0.1) is 0 Å². The lowest BCUT2D eigenvalue weighted by molar-refractivity contribution is -0.176. The van der Waals surface area contributed by atoms with Crippen LogP contribution < -0.4 is 23.8 Å². The van der Waals surface area contributed by atoms with Crippen molar-refractivity contribution in [1.82, 2.24) is 12.3 Å². The Morgan fingerprint density at radius 3 is 1.26 bits per heavy atom. The molecule has 0 spiro atoms. The lowest BCUT2D eigenvalue weighted by atomic mass is 11.0. The van der Waals surface area contributed by atoms with Crippen molar-refractivity contribution in [3.05, 3.63) is 0 Å². The van der Waals surface area contributed by atoms with Crippen LogP contribution in [0.15, 0.2) is 0 Å². The van der Waals surface area contributed by atoms with Gasteiger partial charge in [-0.25, -0.2) is 0 Å². The summed E-state index contributed by atoms with van der Waals surface area (Å²) in [6, 6.07) is 0. The van der Waals surface area contributed by atoms with Crippen molar-refractivity contribution in [2.75, 3.05) is 11.5 Å². The first kappa shape index (κ1) is 31.5. The quantitative estimate of drug-likeness (QED) is 0.0972. The summed E-state index contributed by atoms with van der Waals surface area (Å²) < 4.78 is 35.0. The van der Waals surface area contributed by atoms with Crippen molar-refractivity contribution in [3.63, 3.8) is 0 Å². The zero-order valence-corrected chi connectivity index (χ0v) is 14.2. The van der Waals surface area contributed by atoms with Gasteiger partial charge in [0.25, 0.3) is 0 Å². The van der Waals surface area contributed by atoms with E-state index < -0.39 is 10.4 Å². The highest BCUT2D eigenvalue weighted by molar-refractivity contribution is 8.25. The molecule has 0 aliphatic heterocycles. The molecule has 0 unspecified atom stereocenters. The average molecular weight is 379 g/mol. The molecule has 0 rings (SSSR count). The van der Waals surface area contributed by atoms with Crippen LogP contribution in [0.3, 0.4) is 0 Å². The molecular weight excluding hydrogens is 360 g/mol. The minimum absolute atomic E-state index is 0. The number of hydrogen-bond donors (Lipinski definition) is 6. The Morgan fingerprint density at radius 2 is 1.16 bits per heavy atom. The lowest BCUT2D eigenvalue weighted by Gasteiger charge is -2.06. The lowest BCUT2D eigenvalue weighted by Crippen LogP contribution is -2.06. The Bertz CT molecular complexity index is 287. The maximum absolute atomic E-state index is 8.52. The topological polar surface area (TPSA) is 246 Å². The Labute approximate surface area is 130 Å². The maximum atomic E-state index is 8.52. The third-order valence-electron chi connectivity index (χ3n) is 0.572. The summed E-state index contributed by atoms with van der Waals surface area (Å²) in [6.07, 6.45) is 0. The zero-order chi connectivity index (χ0) is 14.5. The molecule has 0 heterocycles. The van der Waals surface area contributed by atoms with Gasteiger partial charge in [0.2, 0.25) is 0 Å². The number of nitrogens with two attached hydrogens (primary N) is 2.